The molecule has 0 aromatic heterocycles. The summed E-state index contributed by atoms with van der Waals surface area (Å²) in [6.07, 6.45) is 0.199. The summed E-state index contributed by atoms with van der Waals surface area (Å²) in [5.41, 5.74) is 0.661. The fourth-order valence-electron chi connectivity index (χ4n) is 2.39. The van der Waals surface area contributed by atoms with E-state index in [1.807, 2.05) is 0 Å². The first-order valence-electron chi connectivity index (χ1n) is 7.46. The van der Waals surface area contributed by atoms with Crippen molar-refractivity contribution in [2.24, 2.45) is 0 Å². The van der Waals surface area contributed by atoms with Gasteiger partial charge >= 0.3 is 5.97 Å². The summed E-state index contributed by atoms with van der Waals surface area (Å²) in [4.78, 5) is 35.6. The molecule has 1 aromatic rings. The van der Waals surface area contributed by atoms with Gasteiger partial charge in [-0.25, -0.2) is 13.1 Å². The number of amides is 2. The lowest BCUT2D eigenvalue weighted by Gasteiger charge is -2.13. The normalized spacial score (nSPS) is 14.1. The van der Waals surface area contributed by atoms with Crippen LogP contribution in [0.5, 0.6) is 0 Å². The number of carbonyl (C=O) groups is 3. The number of nitrogens with zero attached hydrogens (tertiary/aromatic N) is 1. The van der Waals surface area contributed by atoms with Crippen LogP contribution in [-0.4, -0.2) is 55.1 Å². The Morgan fingerprint density at radius 2 is 1.67 bits per heavy atom. The Balaban J connectivity index is 1.81. The molecule has 24 heavy (non-hydrogen) atoms. The number of imide groups is 1. The van der Waals surface area contributed by atoms with Gasteiger partial charge in [0.2, 0.25) is 10.0 Å². The maximum Gasteiger partial charge on any atom is 0.303 e. The van der Waals surface area contributed by atoms with Gasteiger partial charge in [0.15, 0.2) is 0 Å². The standard InChI is InChI=1S/C15H18N2O6S/c18-13(19)7-3-8-16-24(22,23)10-4-9-17-14(20)11-5-1-2-6-12(11)15(17)21/h1-2,5-6,16H,3-4,7-10H2,(H,18,19). The van der Waals surface area contributed by atoms with E-state index in [4.69, 9.17) is 5.11 Å². The molecular formula is C15H18N2O6S. The lowest BCUT2D eigenvalue weighted by Crippen LogP contribution is -2.33. The molecule has 2 amide bonds. The second-order valence-electron chi connectivity index (χ2n) is 5.37. The van der Waals surface area contributed by atoms with Crippen LogP contribution in [0.3, 0.4) is 0 Å². The van der Waals surface area contributed by atoms with Gasteiger partial charge in [0, 0.05) is 19.5 Å². The number of carbonyl (C=O) groups excluding carboxylic acids is 2. The maximum atomic E-state index is 12.1. The zero-order valence-electron chi connectivity index (χ0n) is 12.9. The van der Waals surface area contributed by atoms with Crippen LogP contribution in [0.2, 0.25) is 0 Å². The Bertz CT molecular complexity index is 724. The highest BCUT2D eigenvalue weighted by Crippen LogP contribution is 2.22. The number of carboxylic acids is 1. The Kier molecular flexibility index (Phi) is 5.68. The molecule has 0 spiro atoms. The van der Waals surface area contributed by atoms with Crippen molar-refractivity contribution in [1.82, 2.24) is 9.62 Å². The van der Waals surface area contributed by atoms with Crippen LogP contribution in [0.15, 0.2) is 24.3 Å². The molecule has 0 aliphatic carbocycles. The van der Waals surface area contributed by atoms with E-state index in [1.54, 1.807) is 24.3 Å². The monoisotopic (exact) mass is 354 g/mol. The van der Waals surface area contributed by atoms with Crippen LogP contribution in [-0.2, 0) is 14.8 Å². The van der Waals surface area contributed by atoms with Gasteiger partial charge < -0.3 is 5.11 Å². The molecule has 0 bridgehead atoms. The van der Waals surface area contributed by atoms with E-state index < -0.39 is 27.8 Å². The van der Waals surface area contributed by atoms with Crippen LogP contribution in [0.4, 0.5) is 0 Å². The summed E-state index contributed by atoms with van der Waals surface area (Å²) in [6, 6.07) is 6.46. The summed E-state index contributed by atoms with van der Waals surface area (Å²) in [6.45, 7) is 0.0596. The molecule has 0 fully saturated rings. The zero-order valence-corrected chi connectivity index (χ0v) is 13.7. The number of nitrogens with one attached hydrogen (secondary N) is 1. The zero-order chi connectivity index (χ0) is 17.7. The quantitative estimate of drug-likeness (QED) is 0.491. The molecule has 0 saturated carbocycles. The SMILES string of the molecule is O=C(O)CCCNS(=O)(=O)CCCN1C(=O)c2ccccc2C1=O. The van der Waals surface area contributed by atoms with Crippen molar-refractivity contribution in [3.8, 4) is 0 Å². The topological polar surface area (TPSA) is 121 Å². The van der Waals surface area contributed by atoms with Gasteiger partial charge in [0.25, 0.3) is 11.8 Å². The van der Waals surface area contributed by atoms with Crippen molar-refractivity contribution in [3.63, 3.8) is 0 Å². The van der Waals surface area contributed by atoms with Gasteiger partial charge in [-0.15, -0.1) is 0 Å². The average molecular weight is 354 g/mol. The summed E-state index contributed by atoms with van der Waals surface area (Å²) < 4.78 is 25.9. The van der Waals surface area contributed by atoms with Crippen LogP contribution in [0, 0.1) is 0 Å². The lowest BCUT2D eigenvalue weighted by atomic mass is 10.1. The largest absolute Gasteiger partial charge is 0.481 e. The molecule has 1 heterocycles. The second kappa shape index (κ2) is 7.54. The Morgan fingerprint density at radius 3 is 2.21 bits per heavy atom. The summed E-state index contributed by atoms with van der Waals surface area (Å²) in [7, 11) is -3.57. The van der Waals surface area contributed by atoms with Crippen molar-refractivity contribution in [2.45, 2.75) is 19.3 Å². The van der Waals surface area contributed by atoms with E-state index >= 15 is 0 Å². The summed E-state index contributed by atoms with van der Waals surface area (Å²) >= 11 is 0. The predicted molar refractivity (Wildman–Crippen MR) is 85.1 cm³/mol. The van der Waals surface area contributed by atoms with Crippen LogP contribution < -0.4 is 4.72 Å². The highest BCUT2D eigenvalue weighted by Gasteiger charge is 2.34. The fourth-order valence-corrected chi connectivity index (χ4v) is 3.50. The maximum absolute atomic E-state index is 12.1. The molecule has 0 saturated heterocycles. The van der Waals surface area contributed by atoms with E-state index in [2.05, 4.69) is 4.72 Å². The van der Waals surface area contributed by atoms with E-state index in [9.17, 15) is 22.8 Å². The van der Waals surface area contributed by atoms with Gasteiger partial charge in [-0.2, -0.15) is 0 Å². The van der Waals surface area contributed by atoms with E-state index in [-0.39, 0.29) is 38.1 Å². The number of carboxylic acid groups (broad SMARTS) is 1. The molecule has 2 N–H and O–H groups in total. The minimum Gasteiger partial charge on any atom is -0.481 e. The number of sulfonamides is 1. The first-order valence-corrected chi connectivity index (χ1v) is 9.11. The number of hydrogen-bond acceptors (Lipinski definition) is 5. The molecule has 2 rings (SSSR count). The van der Waals surface area contributed by atoms with Gasteiger partial charge in [0.05, 0.1) is 16.9 Å². The molecule has 1 aliphatic heterocycles. The van der Waals surface area contributed by atoms with Crippen molar-refractivity contribution >= 4 is 27.8 Å². The molecule has 8 nitrogen and oxygen atoms in total. The third kappa shape index (κ3) is 4.39. The molecule has 1 aliphatic rings. The summed E-state index contributed by atoms with van der Waals surface area (Å²) in [5.74, 6) is -2.06. The lowest BCUT2D eigenvalue weighted by molar-refractivity contribution is -0.137. The van der Waals surface area contributed by atoms with Crippen molar-refractivity contribution in [3.05, 3.63) is 35.4 Å². The highest BCUT2D eigenvalue weighted by molar-refractivity contribution is 7.89. The molecule has 9 heteroatoms. The van der Waals surface area contributed by atoms with Crippen molar-refractivity contribution < 1.29 is 27.9 Å². The van der Waals surface area contributed by atoms with Crippen LogP contribution in [0.25, 0.3) is 0 Å². The van der Waals surface area contributed by atoms with E-state index in [1.165, 1.54) is 0 Å². The van der Waals surface area contributed by atoms with Crippen molar-refractivity contribution in [2.75, 3.05) is 18.8 Å². The minimum absolute atomic E-state index is 0.0163. The number of rotatable bonds is 9. The third-order valence-corrected chi connectivity index (χ3v) is 5.03. The number of fused-ring (bicyclic) bond motifs is 1. The molecule has 130 valence electrons. The number of aliphatic carboxylic acids is 1. The average Bonchev–Trinajstić information content (AvgIpc) is 2.77. The summed E-state index contributed by atoms with van der Waals surface area (Å²) in [5, 5.41) is 8.48. The first kappa shape index (κ1) is 18.1. The molecule has 1 aromatic carbocycles. The Morgan fingerprint density at radius 1 is 1.08 bits per heavy atom. The van der Waals surface area contributed by atoms with Crippen molar-refractivity contribution in [1.29, 1.82) is 0 Å². The van der Waals surface area contributed by atoms with Gasteiger partial charge in [-0.3, -0.25) is 19.3 Å². The van der Waals surface area contributed by atoms with Crippen LogP contribution in [0.1, 0.15) is 40.0 Å². The fraction of sp³-hybridized carbons (Fsp3) is 0.400. The van der Waals surface area contributed by atoms with E-state index in [0.29, 0.717) is 11.1 Å². The van der Waals surface area contributed by atoms with E-state index in [0.717, 1.165) is 4.90 Å². The smallest absolute Gasteiger partial charge is 0.303 e. The predicted octanol–water partition coefficient (Wildman–Crippen LogP) is 0.457. The Labute approximate surface area is 139 Å². The number of hydrogen-bond donors (Lipinski definition) is 2. The molecular weight excluding hydrogens is 336 g/mol. The minimum atomic E-state index is -3.57. The second-order valence-corrected chi connectivity index (χ2v) is 7.30. The van der Waals surface area contributed by atoms with Gasteiger partial charge in [0.1, 0.15) is 0 Å². The Hall–Kier alpha value is -2.26. The first-order chi connectivity index (χ1) is 11.3. The highest BCUT2D eigenvalue weighted by atomic mass is 32.2. The molecule has 0 radical (unpaired) electrons. The van der Waals surface area contributed by atoms with Crippen LogP contribution >= 0.6 is 0 Å². The number of benzene rings is 1. The van der Waals surface area contributed by atoms with Gasteiger partial charge in [-0.05, 0) is 25.0 Å². The molecule has 0 atom stereocenters. The molecule has 0 unspecified atom stereocenters. The third-order valence-electron chi connectivity index (χ3n) is 3.56. The van der Waals surface area contributed by atoms with Gasteiger partial charge in [-0.1, -0.05) is 12.1 Å².